The van der Waals surface area contributed by atoms with E-state index in [0.29, 0.717) is 13.2 Å². The van der Waals surface area contributed by atoms with E-state index in [1.54, 1.807) is 7.05 Å². The normalized spacial score (nSPS) is 17.1. The molecule has 3 N–H and O–H groups in total. The van der Waals surface area contributed by atoms with Gasteiger partial charge >= 0.3 is 0 Å². The van der Waals surface area contributed by atoms with Crippen molar-refractivity contribution in [1.82, 2.24) is 15.6 Å². The van der Waals surface area contributed by atoms with E-state index in [4.69, 9.17) is 9.47 Å². The molecule has 1 fully saturated rings. The smallest absolute Gasteiger partial charge is 0.191 e. The minimum absolute atomic E-state index is 0. The second-order valence-electron chi connectivity index (χ2n) is 6.70. The molecule has 0 aliphatic carbocycles. The zero-order valence-electron chi connectivity index (χ0n) is 16.2. The lowest BCUT2D eigenvalue weighted by molar-refractivity contribution is 0.0191. The number of guanidine groups is 1. The van der Waals surface area contributed by atoms with Crippen molar-refractivity contribution in [3.05, 3.63) is 35.5 Å². The number of aliphatic imine (C=N–C) groups is 1. The van der Waals surface area contributed by atoms with Crippen LogP contribution in [0.4, 0.5) is 0 Å². The Bertz CT molecular complexity index is 726. The van der Waals surface area contributed by atoms with Crippen LogP contribution in [0.3, 0.4) is 0 Å². The fourth-order valence-corrected chi connectivity index (χ4v) is 3.42. The predicted molar refractivity (Wildman–Crippen MR) is 121 cm³/mol. The fraction of sp³-hybridized carbons (Fsp3) is 0.550. The van der Waals surface area contributed by atoms with Gasteiger partial charge in [0.2, 0.25) is 0 Å². The molecule has 1 aromatic carbocycles. The Kier molecular flexibility index (Phi) is 9.36. The quantitative estimate of drug-likeness (QED) is 0.232. The summed E-state index contributed by atoms with van der Waals surface area (Å²) in [6.07, 6.45) is 5.60. The standard InChI is InChI=1S/C20H30N4O2.HI/c1-15-5-3-7-18-19(15)16(13-24-18)8-9-22-20(21-2)23-10-12-25-14-17-6-4-11-26-17;/h3,5,7,13,17,24H,4,6,8-12,14H2,1-2H3,(H2,21,22,23);1H. The van der Waals surface area contributed by atoms with Crippen LogP contribution in [0.25, 0.3) is 10.9 Å². The molecule has 1 saturated heterocycles. The summed E-state index contributed by atoms with van der Waals surface area (Å²) in [6, 6.07) is 6.36. The number of halogens is 1. The maximum absolute atomic E-state index is 5.66. The first-order chi connectivity index (χ1) is 12.8. The van der Waals surface area contributed by atoms with Crippen LogP contribution in [-0.2, 0) is 15.9 Å². The number of aromatic amines is 1. The average Bonchev–Trinajstić information content (AvgIpc) is 3.30. The van der Waals surface area contributed by atoms with E-state index in [1.807, 2.05) is 0 Å². The number of benzene rings is 1. The van der Waals surface area contributed by atoms with Crippen LogP contribution in [-0.4, -0.2) is 57.0 Å². The molecule has 3 rings (SSSR count). The van der Waals surface area contributed by atoms with Crippen molar-refractivity contribution in [1.29, 1.82) is 0 Å². The Morgan fingerprint density at radius 1 is 1.33 bits per heavy atom. The highest BCUT2D eigenvalue weighted by molar-refractivity contribution is 14.0. The van der Waals surface area contributed by atoms with Crippen molar-refractivity contribution in [3.8, 4) is 0 Å². The molecule has 150 valence electrons. The van der Waals surface area contributed by atoms with E-state index in [0.717, 1.165) is 44.9 Å². The van der Waals surface area contributed by atoms with Gasteiger partial charge in [0.15, 0.2) is 5.96 Å². The molecule has 1 aliphatic rings. The third kappa shape index (κ3) is 6.36. The number of hydrogen-bond donors (Lipinski definition) is 3. The van der Waals surface area contributed by atoms with Crippen LogP contribution in [0, 0.1) is 6.92 Å². The first-order valence-electron chi connectivity index (χ1n) is 9.47. The number of H-pyrrole nitrogens is 1. The van der Waals surface area contributed by atoms with E-state index >= 15 is 0 Å². The van der Waals surface area contributed by atoms with Gasteiger partial charge < -0.3 is 25.1 Å². The highest BCUT2D eigenvalue weighted by atomic mass is 127. The van der Waals surface area contributed by atoms with Gasteiger partial charge in [-0.05, 0) is 43.4 Å². The molecule has 2 aromatic rings. The molecule has 1 aliphatic heterocycles. The molecule has 7 heteroatoms. The molecule has 2 heterocycles. The summed E-state index contributed by atoms with van der Waals surface area (Å²) in [6.45, 7) is 5.94. The molecule has 0 amide bonds. The minimum Gasteiger partial charge on any atom is -0.377 e. The maximum atomic E-state index is 5.66. The van der Waals surface area contributed by atoms with Gasteiger partial charge in [-0.1, -0.05) is 12.1 Å². The maximum Gasteiger partial charge on any atom is 0.191 e. The van der Waals surface area contributed by atoms with Gasteiger partial charge in [-0.2, -0.15) is 0 Å². The lowest BCUT2D eigenvalue weighted by Crippen LogP contribution is -2.40. The molecule has 0 saturated carbocycles. The Balaban J connectivity index is 0.00000261. The van der Waals surface area contributed by atoms with Gasteiger partial charge in [0.25, 0.3) is 0 Å². The number of rotatable bonds is 8. The summed E-state index contributed by atoms with van der Waals surface area (Å²) >= 11 is 0. The lowest BCUT2D eigenvalue weighted by atomic mass is 10.1. The molecule has 0 spiro atoms. The van der Waals surface area contributed by atoms with Crippen LogP contribution < -0.4 is 10.6 Å². The van der Waals surface area contributed by atoms with Gasteiger partial charge in [0.1, 0.15) is 0 Å². The van der Waals surface area contributed by atoms with Crippen molar-refractivity contribution < 1.29 is 9.47 Å². The van der Waals surface area contributed by atoms with Gasteiger partial charge in [-0.25, -0.2) is 0 Å². The van der Waals surface area contributed by atoms with E-state index in [-0.39, 0.29) is 30.1 Å². The topological polar surface area (TPSA) is 70.7 Å². The molecule has 1 atom stereocenters. The third-order valence-corrected chi connectivity index (χ3v) is 4.77. The summed E-state index contributed by atoms with van der Waals surface area (Å²) in [7, 11) is 1.79. The second-order valence-corrected chi connectivity index (χ2v) is 6.70. The largest absolute Gasteiger partial charge is 0.377 e. The van der Waals surface area contributed by atoms with Gasteiger partial charge in [0.05, 0.1) is 19.3 Å². The predicted octanol–water partition coefficient (Wildman–Crippen LogP) is 3.00. The van der Waals surface area contributed by atoms with Crippen molar-refractivity contribution in [3.63, 3.8) is 0 Å². The SMILES string of the molecule is CN=C(NCCOCC1CCCO1)NCCc1c[nH]c2cccc(C)c12.I. The van der Waals surface area contributed by atoms with E-state index in [2.05, 4.69) is 51.9 Å². The van der Waals surface area contributed by atoms with Gasteiger partial charge in [-0.15, -0.1) is 24.0 Å². The molecule has 0 radical (unpaired) electrons. The summed E-state index contributed by atoms with van der Waals surface area (Å²) in [5, 5.41) is 7.99. The average molecular weight is 486 g/mol. The first kappa shape index (κ1) is 22.0. The first-order valence-corrected chi connectivity index (χ1v) is 9.47. The second kappa shape index (κ2) is 11.5. The Labute approximate surface area is 178 Å². The summed E-state index contributed by atoms with van der Waals surface area (Å²) in [5.41, 5.74) is 3.84. The lowest BCUT2D eigenvalue weighted by Gasteiger charge is -2.13. The van der Waals surface area contributed by atoms with E-state index < -0.39 is 0 Å². The molecule has 1 aromatic heterocycles. The van der Waals surface area contributed by atoms with E-state index in [1.165, 1.54) is 22.0 Å². The molecular weight excluding hydrogens is 455 g/mol. The number of aryl methyl sites for hydroxylation is 1. The number of ether oxygens (including phenoxy) is 2. The van der Waals surface area contributed by atoms with Crippen LogP contribution in [0.15, 0.2) is 29.4 Å². The molecule has 0 bridgehead atoms. The number of aromatic nitrogens is 1. The van der Waals surface area contributed by atoms with E-state index in [9.17, 15) is 0 Å². The monoisotopic (exact) mass is 486 g/mol. The fourth-order valence-electron chi connectivity index (χ4n) is 3.42. The Morgan fingerprint density at radius 2 is 2.19 bits per heavy atom. The van der Waals surface area contributed by atoms with Crippen LogP contribution in [0.1, 0.15) is 24.0 Å². The minimum atomic E-state index is 0. The number of hydrogen-bond acceptors (Lipinski definition) is 3. The highest BCUT2D eigenvalue weighted by Gasteiger charge is 2.15. The molecule has 6 nitrogen and oxygen atoms in total. The van der Waals surface area contributed by atoms with Crippen LogP contribution >= 0.6 is 24.0 Å². The number of fused-ring (bicyclic) bond motifs is 1. The summed E-state index contributed by atoms with van der Waals surface area (Å²) in [4.78, 5) is 7.62. The van der Waals surface area contributed by atoms with Crippen molar-refractivity contribution in [2.24, 2.45) is 4.99 Å². The zero-order valence-corrected chi connectivity index (χ0v) is 18.5. The summed E-state index contributed by atoms with van der Waals surface area (Å²) < 4.78 is 11.2. The number of nitrogens with zero attached hydrogens (tertiary/aromatic N) is 1. The van der Waals surface area contributed by atoms with Crippen molar-refractivity contribution >= 4 is 40.8 Å². The Morgan fingerprint density at radius 3 is 2.96 bits per heavy atom. The number of nitrogens with one attached hydrogen (secondary N) is 3. The highest BCUT2D eigenvalue weighted by Crippen LogP contribution is 2.22. The van der Waals surface area contributed by atoms with Crippen LogP contribution in [0.2, 0.25) is 0 Å². The van der Waals surface area contributed by atoms with Gasteiger partial charge in [-0.3, -0.25) is 4.99 Å². The summed E-state index contributed by atoms with van der Waals surface area (Å²) in [5.74, 6) is 0.808. The Hall–Kier alpha value is -1.32. The van der Waals surface area contributed by atoms with Crippen molar-refractivity contribution in [2.45, 2.75) is 32.3 Å². The molecule has 1 unspecified atom stereocenters. The van der Waals surface area contributed by atoms with Crippen LogP contribution in [0.5, 0.6) is 0 Å². The molecular formula is C20H31IN4O2. The van der Waals surface area contributed by atoms with Crippen molar-refractivity contribution in [2.75, 3.05) is 40.0 Å². The zero-order chi connectivity index (χ0) is 18.2. The van der Waals surface area contributed by atoms with Gasteiger partial charge in [0, 0.05) is 43.8 Å². The molecule has 27 heavy (non-hydrogen) atoms. The third-order valence-electron chi connectivity index (χ3n) is 4.77.